The van der Waals surface area contributed by atoms with Gasteiger partial charge in [-0.1, -0.05) is 24.3 Å². The highest BCUT2D eigenvalue weighted by atomic mass is 16.5. The summed E-state index contributed by atoms with van der Waals surface area (Å²) in [7, 11) is 0. The maximum Gasteiger partial charge on any atom is 0.157 e. The van der Waals surface area contributed by atoms with E-state index in [4.69, 9.17) is 9.84 Å². The molecule has 90 valence electrons. The van der Waals surface area contributed by atoms with E-state index in [0.717, 1.165) is 23.4 Å². The van der Waals surface area contributed by atoms with Gasteiger partial charge in [-0.25, -0.2) is 0 Å². The highest BCUT2D eigenvalue weighted by Gasteiger charge is 1.99. The molecule has 0 saturated heterocycles. The smallest absolute Gasteiger partial charge is 0.157 e. The second-order valence-corrected chi connectivity index (χ2v) is 3.80. The normalized spacial score (nSPS) is 10.5. The number of ether oxygens (including phenoxy) is 1. The fourth-order valence-corrected chi connectivity index (χ4v) is 1.50. The van der Waals surface area contributed by atoms with Gasteiger partial charge in [-0.2, -0.15) is 5.10 Å². The van der Waals surface area contributed by atoms with Crippen molar-refractivity contribution in [1.29, 1.82) is 0 Å². The minimum absolute atomic E-state index is 0.0738. The van der Waals surface area contributed by atoms with Gasteiger partial charge < -0.3 is 9.84 Å². The van der Waals surface area contributed by atoms with Crippen LogP contribution in [0.5, 0.6) is 5.75 Å². The largest absolute Gasteiger partial charge is 0.486 e. The van der Waals surface area contributed by atoms with Gasteiger partial charge in [0.1, 0.15) is 6.61 Å². The van der Waals surface area contributed by atoms with E-state index in [1.807, 2.05) is 42.1 Å². The lowest BCUT2D eigenvalue weighted by Crippen LogP contribution is -1.95. The van der Waals surface area contributed by atoms with Crippen molar-refractivity contribution in [2.24, 2.45) is 0 Å². The summed E-state index contributed by atoms with van der Waals surface area (Å²) in [5, 5.41) is 13.1. The molecule has 1 heterocycles. The summed E-state index contributed by atoms with van der Waals surface area (Å²) >= 11 is 0. The van der Waals surface area contributed by atoms with Crippen molar-refractivity contribution < 1.29 is 9.84 Å². The van der Waals surface area contributed by atoms with Gasteiger partial charge in [-0.15, -0.1) is 0 Å². The highest BCUT2D eigenvalue weighted by Crippen LogP contribution is 2.12. The minimum Gasteiger partial charge on any atom is -0.486 e. The van der Waals surface area contributed by atoms with E-state index in [-0.39, 0.29) is 6.61 Å². The number of benzene rings is 1. The van der Waals surface area contributed by atoms with Gasteiger partial charge in [0.15, 0.2) is 5.75 Å². The maximum atomic E-state index is 8.92. The van der Waals surface area contributed by atoms with Crippen LogP contribution in [0.25, 0.3) is 0 Å². The van der Waals surface area contributed by atoms with E-state index < -0.39 is 0 Å². The lowest BCUT2D eigenvalue weighted by Gasteiger charge is -2.04. The van der Waals surface area contributed by atoms with E-state index >= 15 is 0 Å². The van der Waals surface area contributed by atoms with Crippen LogP contribution in [0.1, 0.15) is 18.1 Å². The van der Waals surface area contributed by atoms with Crippen LogP contribution in [0, 0.1) is 0 Å². The molecule has 0 unspecified atom stereocenters. The molecular weight excluding hydrogens is 216 g/mol. The van der Waals surface area contributed by atoms with Gasteiger partial charge in [0.2, 0.25) is 0 Å². The summed E-state index contributed by atoms with van der Waals surface area (Å²) in [5.74, 6) is 0.776. The Morgan fingerprint density at radius 2 is 1.94 bits per heavy atom. The molecule has 0 atom stereocenters. The maximum absolute atomic E-state index is 8.92. The monoisotopic (exact) mass is 232 g/mol. The number of hydrogen-bond donors (Lipinski definition) is 1. The van der Waals surface area contributed by atoms with Crippen LogP contribution < -0.4 is 4.74 Å². The van der Waals surface area contributed by atoms with Crippen molar-refractivity contribution >= 4 is 0 Å². The van der Waals surface area contributed by atoms with Crippen molar-refractivity contribution in [3.8, 4) is 5.75 Å². The molecule has 17 heavy (non-hydrogen) atoms. The molecule has 0 fully saturated rings. The van der Waals surface area contributed by atoms with E-state index in [1.165, 1.54) is 0 Å². The molecule has 2 rings (SSSR count). The fraction of sp³-hybridized carbons (Fsp3) is 0.308. The first kappa shape index (κ1) is 11.7. The summed E-state index contributed by atoms with van der Waals surface area (Å²) in [6.07, 6.45) is 3.59. The Labute approximate surface area is 100 Å². The molecule has 0 aliphatic rings. The molecule has 0 bridgehead atoms. The van der Waals surface area contributed by atoms with Gasteiger partial charge >= 0.3 is 0 Å². The molecule has 4 heteroatoms. The standard InChI is InChI=1S/C13H16N2O2/c1-2-15-8-13(7-14-15)17-10-12-5-3-11(9-16)4-6-12/h3-8,16H,2,9-10H2,1H3. The molecule has 1 aromatic heterocycles. The van der Waals surface area contributed by atoms with Crippen molar-refractivity contribution in [2.75, 3.05) is 0 Å². The number of aryl methyl sites for hydroxylation is 1. The second kappa shape index (κ2) is 5.50. The number of aliphatic hydroxyl groups is 1. The van der Waals surface area contributed by atoms with E-state index in [9.17, 15) is 0 Å². The summed E-state index contributed by atoms with van der Waals surface area (Å²) in [5.41, 5.74) is 1.99. The van der Waals surface area contributed by atoms with Crippen molar-refractivity contribution in [3.63, 3.8) is 0 Å². The summed E-state index contributed by atoms with van der Waals surface area (Å²) in [6.45, 7) is 3.46. The topological polar surface area (TPSA) is 47.3 Å². The van der Waals surface area contributed by atoms with Gasteiger partial charge in [0.25, 0.3) is 0 Å². The fourth-order valence-electron chi connectivity index (χ4n) is 1.50. The predicted molar refractivity (Wildman–Crippen MR) is 64.6 cm³/mol. The van der Waals surface area contributed by atoms with Crippen molar-refractivity contribution in [2.45, 2.75) is 26.7 Å². The molecule has 4 nitrogen and oxygen atoms in total. The Morgan fingerprint density at radius 3 is 2.53 bits per heavy atom. The third kappa shape index (κ3) is 3.07. The van der Waals surface area contributed by atoms with Crippen LogP contribution in [0.2, 0.25) is 0 Å². The van der Waals surface area contributed by atoms with Gasteiger partial charge in [-0.05, 0) is 18.1 Å². The minimum atomic E-state index is 0.0738. The number of hydrogen-bond acceptors (Lipinski definition) is 3. The number of rotatable bonds is 5. The number of aliphatic hydroxyl groups excluding tert-OH is 1. The van der Waals surface area contributed by atoms with E-state index in [0.29, 0.717) is 6.61 Å². The van der Waals surface area contributed by atoms with Crippen molar-refractivity contribution in [3.05, 3.63) is 47.8 Å². The quantitative estimate of drug-likeness (QED) is 0.857. The first-order chi connectivity index (χ1) is 8.31. The molecule has 0 aliphatic heterocycles. The van der Waals surface area contributed by atoms with Crippen LogP contribution >= 0.6 is 0 Å². The van der Waals surface area contributed by atoms with E-state index in [1.54, 1.807) is 6.20 Å². The van der Waals surface area contributed by atoms with E-state index in [2.05, 4.69) is 5.10 Å². The summed E-state index contributed by atoms with van der Waals surface area (Å²) < 4.78 is 7.43. The van der Waals surface area contributed by atoms with Gasteiger partial charge in [-0.3, -0.25) is 4.68 Å². The third-order valence-corrected chi connectivity index (χ3v) is 2.54. The van der Waals surface area contributed by atoms with Gasteiger partial charge in [0, 0.05) is 6.54 Å². The first-order valence-electron chi connectivity index (χ1n) is 5.65. The lowest BCUT2D eigenvalue weighted by molar-refractivity contribution is 0.281. The Hall–Kier alpha value is -1.81. The molecule has 0 amide bonds. The first-order valence-corrected chi connectivity index (χ1v) is 5.65. The van der Waals surface area contributed by atoms with Crippen LogP contribution in [-0.2, 0) is 19.8 Å². The Kier molecular flexibility index (Phi) is 3.77. The third-order valence-electron chi connectivity index (χ3n) is 2.54. The summed E-state index contributed by atoms with van der Waals surface area (Å²) in [6, 6.07) is 7.70. The molecule has 0 aliphatic carbocycles. The highest BCUT2D eigenvalue weighted by molar-refractivity contribution is 5.22. The second-order valence-electron chi connectivity index (χ2n) is 3.80. The zero-order valence-corrected chi connectivity index (χ0v) is 9.84. The Bertz CT molecular complexity index is 463. The molecule has 0 saturated carbocycles. The molecule has 1 N–H and O–H groups in total. The molecular formula is C13H16N2O2. The average molecular weight is 232 g/mol. The molecule has 1 aromatic carbocycles. The zero-order valence-electron chi connectivity index (χ0n) is 9.84. The average Bonchev–Trinajstić information content (AvgIpc) is 2.85. The van der Waals surface area contributed by atoms with Crippen LogP contribution in [0.4, 0.5) is 0 Å². The molecule has 0 radical (unpaired) electrons. The van der Waals surface area contributed by atoms with Crippen LogP contribution in [0.15, 0.2) is 36.7 Å². The Balaban J connectivity index is 1.92. The Morgan fingerprint density at radius 1 is 1.24 bits per heavy atom. The zero-order chi connectivity index (χ0) is 12.1. The SMILES string of the molecule is CCn1cc(OCc2ccc(CO)cc2)cn1. The molecule has 0 spiro atoms. The van der Waals surface area contributed by atoms with Gasteiger partial charge in [0.05, 0.1) is 19.0 Å². The van der Waals surface area contributed by atoms with Crippen LogP contribution in [-0.4, -0.2) is 14.9 Å². The molecule has 2 aromatic rings. The predicted octanol–water partition coefficient (Wildman–Crippen LogP) is 1.97. The summed E-state index contributed by atoms with van der Waals surface area (Å²) in [4.78, 5) is 0. The van der Waals surface area contributed by atoms with Crippen molar-refractivity contribution in [1.82, 2.24) is 9.78 Å². The number of nitrogens with zero attached hydrogens (tertiary/aromatic N) is 2. The number of aromatic nitrogens is 2. The van der Waals surface area contributed by atoms with Crippen LogP contribution in [0.3, 0.4) is 0 Å². The lowest BCUT2D eigenvalue weighted by atomic mass is 10.1.